The number of nitrogens with one attached hydrogen (secondary N) is 1. The summed E-state index contributed by atoms with van der Waals surface area (Å²) >= 11 is 0. The van der Waals surface area contributed by atoms with Crippen molar-refractivity contribution in [3.63, 3.8) is 0 Å². The highest BCUT2D eigenvalue weighted by Gasteiger charge is 2.18. The van der Waals surface area contributed by atoms with E-state index in [1.807, 2.05) is 30.3 Å². The van der Waals surface area contributed by atoms with Crippen LogP contribution in [0.5, 0.6) is 0 Å². The monoisotopic (exact) mass is 499 g/mol. The Morgan fingerprint density at radius 2 is 1.42 bits per heavy atom. The SMILES string of the molecule is C=c1c(C(=O)Nc2c(C(C)C)cccc2C(C)C)ccc(-c2ccc/c(=C(\C#CC#CC)CC)c2=C)c1=C. The minimum Gasteiger partial charge on any atom is -0.321 e. The smallest absolute Gasteiger partial charge is 0.256 e. The van der Waals surface area contributed by atoms with Crippen LogP contribution in [0.25, 0.3) is 36.4 Å². The van der Waals surface area contributed by atoms with Crippen molar-refractivity contribution in [3.05, 3.63) is 86.1 Å². The molecule has 192 valence electrons. The number of rotatable bonds is 6. The fourth-order valence-electron chi connectivity index (χ4n) is 4.67. The fraction of sp³-hybridized carbons (Fsp3) is 0.250. The second kappa shape index (κ2) is 12.3. The summed E-state index contributed by atoms with van der Waals surface area (Å²) in [5.74, 6) is 12.1. The van der Waals surface area contributed by atoms with Gasteiger partial charge in [-0.3, -0.25) is 4.79 Å². The zero-order valence-corrected chi connectivity index (χ0v) is 23.5. The van der Waals surface area contributed by atoms with E-state index in [1.54, 1.807) is 6.92 Å². The van der Waals surface area contributed by atoms with Crippen molar-refractivity contribution >= 4 is 36.9 Å². The minimum atomic E-state index is -0.182. The lowest BCUT2D eigenvalue weighted by Gasteiger charge is -2.20. The molecule has 2 nitrogen and oxygen atoms in total. The third kappa shape index (κ3) is 5.82. The first kappa shape index (κ1) is 28.3. The third-order valence-corrected chi connectivity index (χ3v) is 6.83. The van der Waals surface area contributed by atoms with Crippen LogP contribution in [0, 0.1) is 23.7 Å². The highest BCUT2D eigenvalue weighted by atomic mass is 16.1. The molecule has 0 bridgehead atoms. The number of carbonyl (C=O) groups excluding carboxylic acids is 1. The average molecular weight is 500 g/mol. The van der Waals surface area contributed by atoms with Crippen LogP contribution in [0.2, 0.25) is 0 Å². The predicted octanol–water partition coefficient (Wildman–Crippen LogP) is 5.67. The molecule has 0 aromatic heterocycles. The van der Waals surface area contributed by atoms with Gasteiger partial charge in [0.25, 0.3) is 5.91 Å². The van der Waals surface area contributed by atoms with Crippen molar-refractivity contribution in [2.24, 2.45) is 0 Å². The van der Waals surface area contributed by atoms with E-state index in [9.17, 15) is 4.79 Å². The Morgan fingerprint density at radius 3 is 2.00 bits per heavy atom. The molecule has 0 radical (unpaired) electrons. The van der Waals surface area contributed by atoms with Gasteiger partial charge in [-0.2, -0.15) is 0 Å². The van der Waals surface area contributed by atoms with E-state index in [2.05, 4.69) is 102 Å². The summed E-state index contributed by atoms with van der Waals surface area (Å²) in [4.78, 5) is 13.5. The van der Waals surface area contributed by atoms with Gasteiger partial charge in [0.2, 0.25) is 0 Å². The van der Waals surface area contributed by atoms with Gasteiger partial charge < -0.3 is 5.32 Å². The summed E-state index contributed by atoms with van der Waals surface area (Å²) in [7, 11) is 0. The standard InChI is InChI=1S/C36H37NO/c1-10-12-13-16-28(11-2)31-19-15-20-32(27(31)9)33-21-22-34(26(8)25(33)7)36(38)37-35-29(23(3)4)17-14-18-30(35)24(5)6/h14-15,17-24H,7-9,11H2,1-6H3,(H,37,38)/b31-28+. The molecule has 1 amide bonds. The first-order valence-corrected chi connectivity index (χ1v) is 13.1. The topological polar surface area (TPSA) is 29.1 Å². The molecule has 3 aromatic rings. The van der Waals surface area contributed by atoms with Crippen molar-refractivity contribution < 1.29 is 4.79 Å². The average Bonchev–Trinajstić information content (AvgIpc) is 2.88. The van der Waals surface area contributed by atoms with Gasteiger partial charge in [-0.05, 0) is 86.2 Å². The second-order valence-corrected chi connectivity index (χ2v) is 9.98. The molecular weight excluding hydrogens is 462 g/mol. The Kier molecular flexibility index (Phi) is 9.17. The number of hydrogen-bond acceptors (Lipinski definition) is 1. The predicted molar refractivity (Wildman–Crippen MR) is 164 cm³/mol. The van der Waals surface area contributed by atoms with Gasteiger partial charge in [-0.1, -0.05) is 109 Å². The van der Waals surface area contributed by atoms with Crippen LogP contribution < -0.4 is 26.2 Å². The minimum absolute atomic E-state index is 0.182. The van der Waals surface area contributed by atoms with Crippen LogP contribution in [0.3, 0.4) is 0 Å². The molecule has 2 heteroatoms. The molecule has 0 saturated heterocycles. The molecular formula is C36H37NO. The first-order chi connectivity index (χ1) is 18.1. The Bertz CT molecular complexity index is 1690. The van der Waals surface area contributed by atoms with E-state index < -0.39 is 0 Å². The van der Waals surface area contributed by atoms with Gasteiger partial charge in [0.1, 0.15) is 0 Å². The second-order valence-electron chi connectivity index (χ2n) is 9.98. The van der Waals surface area contributed by atoms with E-state index in [0.717, 1.165) is 50.4 Å². The van der Waals surface area contributed by atoms with Gasteiger partial charge in [0.15, 0.2) is 0 Å². The van der Waals surface area contributed by atoms with E-state index >= 15 is 0 Å². The first-order valence-electron chi connectivity index (χ1n) is 13.1. The molecule has 1 N–H and O–H groups in total. The van der Waals surface area contributed by atoms with Crippen molar-refractivity contribution in [2.75, 3.05) is 5.32 Å². The molecule has 0 atom stereocenters. The summed E-state index contributed by atoms with van der Waals surface area (Å²) in [5, 5.41) is 6.39. The number of benzene rings is 3. The van der Waals surface area contributed by atoms with Crippen molar-refractivity contribution in [3.8, 4) is 34.8 Å². The Labute approximate surface area is 227 Å². The van der Waals surface area contributed by atoms with Gasteiger partial charge in [-0.15, -0.1) is 0 Å². The van der Waals surface area contributed by atoms with E-state index in [0.29, 0.717) is 16.0 Å². The van der Waals surface area contributed by atoms with Crippen LogP contribution >= 0.6 is 0 Å². The van der Waals surface area contributed by atoms with Gasteiger partial charge in [0.05, 0.1) is 0 Å². The summed E-state index contributed by atoms with van der Waals surface area (Å²) < 4.78 is 0. The Morgan fingerprint density at radius 1 is 0.816 bits per heavy atom. The number of amides is 1. The number of para-hydroxylation sites is 1. The molecule has 0 saturated carbocycles. The van der Waals surface area contributed by atoms with Gasteiger partial charge >= 0.3 is 0 Å². The number of hydrogen-bond donors (Lipinski definition) is 1. The van der Waals surface area contributed by atoms with E-state index in [-0.39, 0.29) is 17.7 Å². The number of carbonyl (C=O) groups is 1. The van der Waals surface area contributed by atoms with Crippen molar-refractivity contribution in [2.45, 2.75) is 59.8 Å². The van der Waals surface area contributed by atoms with E-state index in [4.69, 9.17) is 0 Å². The highest BCUT2D eigenvalue weighted by molar-refractivity contribution is 6.05. The zero-order valence-electron chi connectivity index (χ0n) is 23.5. The lowest BCUT2D eigenvalue weighted by atomic mass is 9.92. The maximum Gasteiger partial charge on any atom is 0.256 e. The van der Waals surface area contributed by atoms with Crippen molar-refractivity contribution in [1.29, 1.82) is 0 Å². The lowest BCUT2D eigenvalue weighted by molar-refractivity contribution is 0.102. The molecule has 0 unspecified atom stereocenters. The maximum absolute atomic E-state index is 13.5. The summed E-state index contributed by atoms with van der Waals surface area (Å²) in [5.41, 5.74) is 6.49. The molecule has 0 aliphatic carbocycles. The van der Waals surface area contributed by atoms with Crippen LogP contribution in [0.15, 0.2) is 48.5 Å². The van der Waals surface area contributed by atoms with Crippen LogP contribution in [-0.4, -0.2) is 5.91 Å². The molecule has 3 aromatic carbocycles. The maximum atomic E-state index is 13.5. The summed E-state index contributed by atoms with van der Waals surface area (Å²) in [6.45, 7) is 25.3. The number of anilines is 1. The zero-order chi connectivity index (χ0) is 28.0. The molecule has 0 spiro atoms. The fourth-order valence-corrected chi connectivity index (χ4v) is 4.67. The quantitative estimate of drug-likeness (QED) is 0.435. The molecule has 38 heavy (non-hydrogen) atoms. The molecule has 0 aliphatic rings. The van der Waals surface area contributed by atoms with E-state index in [1.165, 1.54) is 0 Å². The van der Waals surface area contributed by atoms with Crippen LogP contribution in [0.1, 0.15) is 81.3 Å². The Hall–Kier alpha value is -4.27. The molecule has 0 heterocycles. The summed E-state index contributed by atoms with van der Waals surface area (Å²) in [6, 6.07) is 16.1. The van der Waals surface area contributed by atoms with Crippen LogP contribution in [-0.2, 0) is 0 Å². The van der Waals surface area contributed by atoms with Gasteiger partial charge in [-0.25, -0.2) is 0 Å². The molecule has 0 fully saturated rings. The van der Waals surface area contributed by atoms with Crippen molar-refractivity contribution in [1.82, 2.24) is 0 Å². The summed E-state index contributed by atoms with van der Waals surface area (Å²) in [6.07, 6.45) is 0.775. The highest BCUT2D eigenvalue weighted by Crippen LogP contribution is 2.32. The lowest BCUT2D eigenvalue weighted by Crippen LogP contribution is -2.35. The largest absolute Gasteiger partial charge is 0.321 e. The van der Waals surface area contributed by atoms with Crippen LogP contribution in [0.4, 0.5) is 5.69 Å². The molecule has 0 aliphatic heterocycles. The normalized spacial score (nSPS) is 11.4. The Balaban J connectivity index is 2.11. The van der Waals surface area contributed by atoms with Gasteiger partial charge in [0, 0.05) is 16.8 Å². The third-order valence-electron chi connectivity index (χ3n) is 6.83. The molecule has 3 rings (SSSR count).